The smallest absolute Gasteiger partial charge is 0.303 e. The van der Waals surface area contributed by atoms with E-state index in [1.165, 1.54) is 19.3 Å². The fourth-order valence-corrected chi connectivity index (χ4v) is 1.90. The topological polar surface area (TPSA) is 37.3 Å². The van der Waals surface area contributed by atoms with Crippen molar-refractivity contribution in [2.45, 2.75) is 71.1 Å². The van der Waals surface area contributed by atoms with Gasteiger partial charge in [0.1, 0.15) is 0 Å². The maximum Gasteiger partial charge on any atom is 0.303 e. The van der Waals surface area contributed by atoms with Crippen molar-refractivity contribution in [1.29, 1.82) is 0 Å². The summed E-state index contributed by atoms with van der Waals surface area (Å²) in [5.41, 5.74) is 0. The summed E-state index contributed by atoms with van der Waals surface area (Å²) in [6.07, 6.45) is 27.3. The minimum Gasteiger partial charge on any atom is -0.481 e. The van der Waals surface area contributed by atoms with Crippen LogP contribution in [0.5, 0.6) is 0 Å². The van der Waals surface area contributed by atoms with Crippen LogP contribution >= 0.6 is 0 Å². The maximum atomic E-state index is 10.3. The standard InChI is InChI=1S/C20H32O2/c1-2-3-4-5-6-7-8-9-10-11-12-13-14-15-16-17-18-19-20(21)22/h5-6,9-10,12-13,15-16H,2-4,7-8,11,14,17-19H2,1H3,(H,21,22)/b6-5+,10-9+,13-12+,16-15+. The van der Waals surface area contributed by atoms with Gasteiger partial charge in [-0.1, -0.05) is 68.4 Å². The first-order valence-electron chi connectivity index (χ1n) is 8.59. The summed E-state index contributed by atoms with van der Waals surface area (Å²) in [6, 6.07) is 0. The van der Waals surface area contributed by atoms with Gasteiger partial charge in [-0.3, -0.25) is 4.79 Å². The zero-order valence-corrected chi connectivity index (χ0v) is 14.0. The predicted octanol–water partition coefficient (Wildman–Crippen LogP) is 6.22. The van der Waals surface area contributed by atoms with E-state index in [4.69, 9.17) is 5.11 Å². The number of allylic oxidation sites excluding steroid dienone is 8. The normalized spacial score (nSPS) is 12.4. The number of unbranched alkanes of at least 4 members (excludes halogenated alkanes) is 4. The summed E-state index contributed by atoms with van der Waals surface area (Å²) in [4.78, 5) is 10.3. The molecule has 0 aromatic carbocycles. The average Bonchev–Trinajstić information content (AvgIpc) is 2.50. The summed E-state index contributed by atoms with van der Waals surface area (Å²) in [6.45, 7) is 2.22. The Morgan fingerprint density at radius 1 is 0.727 bits per heavy atom. The zero-order valence-electron chi connectivity index (χ0n) is 14.0. The molecule has 0 radical (unpaired) electrons. The van der Waals surface area contributed by atoms with E-state index in [0.717, 1.165) is 38.5 Å². The highest BCUT2D eigenvalue weighted by atomic mass is 16.4. The van der Waals surface area contributed by atoms with Crippen molar-refractivity contribution >= 4 is 5.97 Å². The Hall–Kier alpha value is -1.57. The van der Waals surface area contributed by atoms with Crippen molar-refractivity contribution in [3.05, 3.63) is 48.6 Å². The molecule has 0 bridgehead atoms. The third kappa shape index (κ3) is 18.4. The second-order valence-corrected chi connectivity index (χ2v) is 5.36. The molecule has 0 heterocycles. The number of carboxylic acid groups (broad SMARTS) is 1. The Morgan fingerprint density at radius 2 is 1.18 bits per heavy atom. The van der Waals surface area contributed by atoms with Crippen LogP contribution in [0.4, 0.5) is 0 Å². The Kier molecular flexibility index (Phi) is 16.2. The molecule has 0 aromatic heterocycles. The van der Waals surface area contributed by atoms with Gasteiger partial charge in [0.05, 0.1) is 0 Å². The van der Waals surface area contributed by atoms with Gasteiger partial charge in [-0.25, -0.2) is 0 Å². The molecule has 0 aliphatic heterocycles. The first-order chi connectivity index (χ1) is 10.8. The molecule has 0 amide bonds. The average molecular weight is 304 g/mol. The first kappa shape index (κ1) is 20.4. The van der Waals surface area contributed by atoms with Gasteiger partial charge in [-0.05, 0) is 44.9 Å². The summed E-state index contributed by atoms with van der Waals surface area (Å²) >= 11 is 0. The number of hydrogen-bond donors (Lipinski definition) is 1. The maximum absolute atomic E-state index is 10.3. The van der Waals surface area contributed by atoms with Gasteiger partial charge < -0.3 is 5.11 Å². The van der Waals surface area contributed by atoms with Crippen molar-refractivity contribution in [2.24, 2.45) is 0 Å². The van der Waals surface area contributed by atoms with Gasteiger partial charge in [-0.15, -0.1) is 0 Å². The molecule has 124 valence electrons. The van der Waals surface area contributed by atoms with Crippen LogP contribution in [-0.2, 0) is 4.79 Å². The molecule has 0 saturated heterocycles. The van der Waals surface area contributed by atoms with E-state index in [1.54, 1.807) is 0 Å². The number of aliphatic carboxylic acids is 1. The predicted molar refractivity (Wildman–Crippen MR) is 96.0 cm³/mol. The van der Waals surface area contributed by atoms with Gasteiger partial charge in [0.25, 0.3) is 0 Å². The fourth-order valence-electron chi connectivity index (χ4n) is 1.90. The monoisotopic (exact) mass is 304 g/mol. The van der Waals surface area contributed by atoms with Crippen LogP contribution in [0.15, 0.2) is 48.6 Å². The molecule has 22 heavy (non-hydrogen) atoms. The second kappa shape index (κ2) is 17.5. The van der Waals surface area contributed by atoms with E-state index in [2.05, 4.69) is 55.5 Å². The number of carbonyl (C=O) groups is 1. The van der Waals surface area contributed by atoms with E-state index in [0.29, 0.717) is 0 Å². The van der Waals surface area contributed by atoms with Crippen LogP contribution in [0.1, 0.15) is 71.1 Å². The van der Waals surface area contributed by atoms with E-state index < -0.39 is 5.97 Å². The summed E-state index contributed by atoms with van der Waals surface area (Å²) in [5.74, 6) is -0.712. The van der Waals surface area contributed by atoms with Gasteiger partial charge in [0.15, 0.2) is 0 Å². The van der Waals surface area contributed by atoms with E-state index >= 15 is 0 Å². The number of rotatable bonds is 14. The van der Waals surface area contributed by atoms with Crippen molar-refractivity contribution in [2.75, 3.05) is 0 Å². The van der Waals surface area contributed by atoms with Crippen LogP contribution < -0.4 is 0 Å². The molecule has 2 heteroatoms. The molecular weight excluding hydrogens is 272 g/mol. The molecule has 1 N–H and O–H groups in total. The third-order valence-corrected chi connectivity index (χ3v) is 3.20. The zero-order chi connectivity index (χ0) is 16.3. The van der Waals surface area contributed by atoms with Crippen LogP contribution in [0, 0.1) is 0 Å². The molecular formula is C20H32O2. The van der Waals surface area contributed by atoms with Crippen LogP contribution in [-0.4, -0.2) is 11.1 Å². The summed E-state index contributed by atoms with van der Waals surface area (Å²) in [7, 11) is 0. The highest BCUT2D eigenvalue weighted by Crippen LogP contribution is 2.00. The van der Waals surface area contributed by atoms with Crippen molar-refractivity contribution in [1.82, 2.24) is 0 Å². The Bertz CT molecular complexity index is 362. The van der Waals surface area contributed by atoms with E-state index in [9.17, 15) is 4.79 Å². The van der Waals surface area contributed by atoms with Gasteiger partial charge in [0.2, 0.25) is 0 Å². The quantitative estimate of drug-likeness (QED) is 0.305. The molecule has 2 nitrogen and oxygen atoms in total. The minimum atomic E-state index is -0.712. The van der Waals surface area contributed by atoms with Crippen LogP contribution in [0.2, 0.25) is 0 Å². The molecule has 0 aliphatic carbocycles. The van der Waals surface area contributed by atoms with Crippen molar-refractivity contribution in [3.63, 3.8) is 0 Å². The van der Waals surface area contributed by atoms with E-state index in [-0.39, 0.29) is 6.42 Å². The van der Waals surface area contributed by atoms with Gasteiger partial charge >= 0.3 is 5.97 Å². The van der Waals surface area contributed by atoms with E-state index in [1.807, 2.05) is 0 Å². The lowest BCUT2D eigenvalue weighted by atomic mass is 10.2. The van der Waals surface area contributed by atoms with Crippen LogP contribution in [0.25, 0.3) is 0 Å². The second-order valence-electron chi connectivity index (χ2n) is 5.36. The molecule has 0 spiro atoms. The van der Waals surface area contributed by atoms with Gasteiger partial charge in [-0.2, -0.15) is 0 Å². The molecule has 0 fully saturated rings. The van der Waals surface area contributed by atoms with Crippen molar-refractivity contribution in [3.8, 4) is 0 Å². The Balaban J connectivity index is 3.39. The Labute approximate surface area is 136 Å². The Morgan fingerprint density at radius 3 is 1.77 bits per heavy atom. The summed E-state index contributed by atoms with van der Waals surface area (Å²) < 4.78 is 0. The lowest BCUT2D eigenvalue weighted by Crippen LogP contribution is -1.92. The lowest BCUT2D eigenvalue weighted by Gasteiger charge is -1.90. The molecule has 0 aromatic rings. The highest BCUT2D eigenvalue weighted by molar-refractivity contribution is 5.66. The third-order valence-electron chi connectivity index (χ3n) is 3.20. The lowest BCUT2D eigenvalue weighted by molar-refractivity contribution is -0.137. The highest BCUT2D eigenvalue weighted by Gasteiger charge is 1.92. The summed E-state index contributed by atoms with van der Waals surface area (Å²) in [5, 5.41) is 8.49. The fraction of sp³-hybridized carbons (Fsp3) is 0.550. The van der Waals surface area contributed by atoms with Crippen LogP contribution in [0.3, 0.4) is 0 Å². The largest absolute Gasteiger partial charge is 0.481 e. The number of hydrogen-bond acceptors (Lipinski definition) is 1. The SMILES string of the molecule is CCCC/C=C/CC/C=C/C/C=C/C/C=C/CCCC(=O)O. The molecule has 0 aliphatic rings. The number of carboxylic acids is 1. The molecule has 0 atom stereocenters. The van der Waals surface area contributed by atoms with Gasteiger partial charge in [0, 0.05) is 6.42 Å². The molecule has 0 saturated carbocycles. The molecule has 0 rings (SSSR count). The first-order valence-corrected chi connectivity index (χ1v) is 8.59. The van der Waals surface area contributed by atoms with Crippen molar-refractivity contribution < 1.29 is 9.90 Å². The minimum absolute atomic E-state index is 0.263. The molecule has 0 unspecified atom stereocenters.